The fourth-order valence-corrected chi connectivity index (χ4v) is 2.74. The van der Waals surface area contributed by atoms with Crippen molar-refractivity contribution in [1.29, 1.82) is 0 Å². The SMILES string of the molecule is C[C@@H](OC(=O)CCc1nc2ccccc2s1)C(=O)NC(N)=O. The summed E-state index contributed by atoms with van der Waals surface area (Å²) in [6.45, 7) is 1.37. The second kappa shape index (κ2) is 6.99. The number of carbonyl (C=O) groups excluding carboxylic acids is 3. The van der Waals surface area contributed by atoms with Crippen molar-refractivity contribution in [2.45, 2.75) is 25.9 Å². The van der Waals surface area contributed by atoms with Gasteiger partial charge in [0.2, 0.25) is 0 Å². The van der Waals surface area contributed by atoms with Gasteiger partial charge in [-0.2, -0.15) is 0 Å². The van der Waals surface area contributed by atoms with Crippen LogP contribution in [-0.4, -0.2) is 29.0 Å². The summed E-state index contributed by atoms with van der Waals surface area (Å²) >= 11 is 1.51. The van der Waals surface area contributed by atoms with Gasteiger partial charge in [0.1, 0.15) is 0 Å². The maximum absolute atomic E-state index is 11.7. The van der Waals surface area contributed by atoms with E-state index in [-0.39, 0.29) is 6.42 Å². The van der Waals surface area contributed by atoms with Crippen molar-refractivity contribution in [3.63, 3.8) is 0 Å². The molecule has 0 saturated carbocycles. The molecule has 8 heteroatoms. The second-order valence-electron chi connectivity index (χ2n) is 4.56. The Bertz CT molecular complexity index is 680. The lowest BCUT2D eigenvalue weighted by atomic mass is 10.3. The first-order valence-electron chi connectivity index (χ1n) is 6.60. The maximum atomic E-state index is 11.7. The zero-order valence-corrected chi connectivity index (χ0v) is 12.7. The first-order valence-corrected chi connectivity index (χ1v) is 7.41. The lowest BCUT2D eigenvalue weighted by molar-refractivity contribution is -0.154. The van der Waals surface area contributed by atoms with Crippen molar-refractivity contribution in [2.75, 3.05) is 0 Å². The molecule has 0 bridgehead atoms. The number of carbonyl (C=O) groups is 3. The molecule has 0 aliphatic carbocycles. The third-order valence-electron chi connectivity index (χ3n) is 2.81. The number of nitrogens with zero attached hydrogens (tertiary/aromatic N) is 1. The van der Waals surface area contributed by atoms with E-state index in [1.54, 1.807) is 0 Å². The zero-order chi connectivity index (χ0) is 16.1. The van der Waals surface area contributed by atoms with Gasteiger partial charge in [0.25, 0.3) is 5.91 Å². The minimum absolute atomic E-state index is 0.105. The maximum Gasteiger partial charge on any atom is 0.318 e. The molecule has 0 fully saturated rings. The van der Waals surface area contributed by atoms with Crippen LogP contribution in [0.1, 0.15) is 18.4 Å². The molecule has 0 saturated heterocycles. The molecule has 3 N–H and O–H groups in total. The average molecular weight is 321 g/mol. The van der Waals surface area contributed by atoms with E-state index in [9.17, 15) is 14.4 Å². The number of imide groups is 1. The standard InChI is InChI=1S/C14H15N3O4S/c1-8(13(19)17-14(15)20)21-12(18)7-6-11-16-9-4-2-3-5-10(9)22-11/h2-5,8H,6-7H2,1H3,(H3,15,17,19,20)/t8-/m1/s1. The smallest absolute Gasteiger partial charge is 0.318 e. The highest BCUT2D eigenvalue weighted by Crippen LogP contribution is 2.22. The first-order chi connectivity index (χ1) is 10.5. The lowest BCUT2D eigenvalue weighted by Crippen LogP contribution is -2.42. The van der Waals surface area contributed by atoms with Crippen LogP contribution >= 0.6 is 11.3 Å². The molecule has 2 rings (SSSR count). The Balaban J connectivity index is 1.84. The molecule has 2 aromatic rings. The molecular weight excluding hydrogens is 306 g/mol. The van der Waals surface area contributed by atoms with Crippen LogP contribution in [0.15, 0.2) is 24.3 Å². The molecule has 0 aliphatic heterocycles. The molecular formula is C14H15N3O4S. The Morgan fingerprint density at radius 3 is 2.77 bits per heavy atom. The Labute approximate surface area is 130 Å². The monoisotopic (exact) mass is 321 g/mol. The number of nitrogens with two attached hydrogens (primary N) is 1. The molecule has 0 unspecified atom stereocenters. The van der Waals surface area contributed by atoms with Crippen molar-refractivity contribution in [3.05, 3.63) is 29.3 Å². The quantitative estimate of drug-likeness (QED) is 0.808. The third kappa shape index (κ3) is 4.26. The number of primary amides is 1. The average Bonchev–Trinajstić information content (AvgIpc) is 2.87. The number of amides is 3. The summed E-state index contributed by atoms with van der Waals surface area (Å²) in [6, 6.07) is 6.72. The van der Waals surface area contributed by atoms with Crippen LogP contribution in [0.2, 0.25) is 0 Å². The largest absolute Gasteiger partial charge is 0.453 e. The number of urea groups is 1. The fourth-order valence-electron chi connectivity index (χ4n) is 1.77. The summed E-state index contributed by atoms with van der Waals surface area (Å²) in [6.07, 6.45) is -0.536. The number of aryl methyl sites for hydroxylation is 1. The van der Waals surface area contributed by atoms with Crippen molar-refractivity contribution in [2.24, 2.45) is 5.73 Å². The van der Waals surface area contributed by atoms with Crippen molar-refractivity contribution in [3.8, 4) is 0 Å². The first kappa shape index (κ1) is 15.9. The lowest BCUT2D eigenvalue weighted by Gasteiger charge is -2.11. The molecule has 116 valence electrons. The van der Waals surface area contributed by atoms with Gasteiger partial charge in [0, 0.05) is 6.42 Å². The summed E-state index contributed by atoms with van der Waals surface area (Å²) in [4.78, 5) is 38.0. The molecule has 1 atom stereocenters. The van der Waals surface area contributed by atoms with Crippen molar-refractivity contribution < 1.29 is 19.1 Å². The molecule has 0 aliphatic rings. The van der Waals surface area contributed by atoms with E-state index in [1.807, 2.05) is 29.6 Å². The van der Waals surface area contributed by atoms with Gasteiger partial charge in [-0.1, -0.05) is 12.1 Å². The van der Waals surface area contributed by atoms with Gasteiger partial charge in [0.05, 0.1) is 21.6 Å². The summed E-state index contributed by atoms with van der Waals surface area (Å²) < 4.78 is 5.98. The molecule has 1 aromatic heterocycles. The number of esters is 1. The molecule has 1 aromatic carbocycles. The highest BCUT2D eigenvalue weighted by Gasteiger charge is 2.19. The van der Waals surface area contributed by atoms with Crippen LogP contribution in [-0.2, 0) is 20.7 Å². The summed E-state index contributed by atoms with van der Waals surface area (Å²) in [7, 11) is 0. The molecule has 22 heavy (non-hydrogen) atoms. The minimum Gasteiger partial charge on any atom is -0.453 e. The van der Waals surface area contributed by atoms with Gasteiger partial charge >= 0.3 is 12.0 Å². The van der Waals surface area contributed by atoms with E-state index in [0.717, 1.165) is 15.2 Å². The van der Waals surface area contributed by atoms with E-state index in [2.05, 4.69) is 4.98 Å². The molecule has 3 amide bonds. The predicted octanol–water partition coefficient (Wildman–Crippen LogP) is 1.36. The van der Waals surface area contributed by atoms with Crippen LogP contribution in [0.4, 0.5) is 4.79 Å². The van der Waals surface area contributed by atoms with E-state index in [1.165, 1.54) is 18.3 Å². The Morgan fingerprint density at radius 2 is 2.09 bits per heavy atom. The van der Waals surface area contributed by atoms with Gasteiger partial charge in [-0.15, -0.1) is 11.3 Å². The van der Waals surface area contributed by atoms with E-state index in [0.29, 0.717) is 6.42 Å². The predicted molar refractivity (Wildman–Crippen MR) is 81.2 cm³/mol. The number of benzene rings is 1. The van der Waals surface area contributed by atoms with Crippen LogP contribution in [0, 0.1) is 0 Å². The van der Waals surface area contributed by atoms with Crippen LogP contribution in [0.5, 0.6) is 0 Å². The summed E-state index contributed by atoms with van der Waals surface area (Å²) in [5, 5.41) is 2.68. The van der Waals surface area contributed by atoms with Gasteiger partial charge in [-0.05, 0) is 19.1 Å². The summed E-state index contributed by atoms with van der Waals surface area (Å²) in [5.41, 5.74) is 5.71. The number of nitrogens with one attached hydrogen (secondary N) is 1. The Morgan fingerprint density at radius 1 is 1.36 bits per heavy atom. The van der Waals surface area contributed by atoms with Crippen LogP contribution in [0.25, 0.3) is 10.2 Å². The Kier molecular flexibility index (Phi) is 5.05. The molecule has 7 nitrogen and oxygen atoms in total. The number of rotatable bonds is 5. The number of ether oxygens (including phenoxy) is 1. The highest BCUT2D eigenvalue weighted by molar-refractivity contribution is 7.18. The topological polar surface area (TPSA) is 111 Å². The number of para-hydroxylation sites is 1. The summed E-state index contributed by atoms with van der Waals surface area (Å²) in [5.74, 6) is -1.28. The number of aromatic nitrogens is 1. The van der Waals surface area contributed by atoms with Crippen LogP contribution in [0.3, 0.4) is 0 Å². The van der Waals surface area contributed by atoms with Gasteiger partial charge in [-0.25, -0.2) is 9.78 Å². The number of fused-ring (bicyclic) bond motifs is 1. The third-order valence-corrected chi connectivity index (χ3v) is 3.90. The normalized spacial score (nSPS) is 11.9. The zero-order valence-electron chi connectivity index (χ0n) is 11.9. The van der Waals surface area contributed by atoms with Gasteiger partial charge in [-0.3, -0.25) is 14.9 Å². The van der Waals surface area contributed by atoms with Crippen molar-refractivity contribution in [1.82, 2.24) is 10.3 Å². The number of thiazole rings is 1. The van der Waals surface area contributed by atoms with Gasteiger partial charge < -0.3 is 10.5 Å². The van der Waals surface area contributed by atoms with E-state index in [4.69, 9.17) is 10.5 Å². The van der Waals surface area contributed by atoms with Crippen LogP contribution < -0.4 is 11.1 Å². The number of hydrogen-bond acceptors (Lipinski definition) is 6. The van der Waals surface area contributed by atoms with E-state index >= 15 is 0 Å². The van der Waals surface area contributed by atoms with E-state index < -0.39 is 24.0 Å². The molecule has 1 heterocycles. The number of hydrogen-bond donors (Lipinski definition) is 2. The highest BCUT2D eigenvalue weighted by atomic mass is 32.1. The fraction of sp³-hybridized carbons (Fsp3) is 0.286. The second-order valence-corrected chi connectivity index (χ2v) is 5.68. The molecule has 0 radical (unpaired) electrons. The molecule has 0 spiro atoms. The van der Waals surface area contributed by atoms with Gasteiger partial charge in [0.15, 0.2) is 6.10 Å². The Hall–Kier alpha value is -2.48. The minimum atomic E-state index is -1.07. The van der Waals surface area contributed by atoms with Crippen molar-refractivity contribution >= 4 is 39.5 Å².